The summed E-state index contributed by atoms with van der Waals surface area (Å²) >= 11 is 0. The smallest absolute Gasteiger partial charge is 0.462 e. The van der Waals surface area contributed by atoms with Crippen molar-refractivity contribution in [3.05, 3.63) is 0 Å². The molecule has 558 valence electrons. The Hall–Kier alpha value is -1.94. The first-order valence-corrected chi connectivity index (χ1v) is 42.1. The maximum Gasteiger partial charge on any atom is 0.472 e. The Morgan fingerprint density at radius 2 is 0.489 bits per heavy atom. The van der Waals surface area contributed by atoms with Crippen LogP contribution in [0.5, 0.6) is 0 Å². The van der Waals surface area contributed by atoms with E-state index < -0.39 is 97.5 Å². The van der Waals surface area contributed by atoms with Crippen LogP contribution in [0, 0.1) is 5.92 Å². The molecule has 0 fully saturated rings. The van der Waals surface area contributed by atoms with Crippen molar-refractivity contribution < 1.29 is 80.2 Å². The topological polar surface area (TPSA) is 237 Å². The third-order valence-electron chi connectivity index (χ3n) is 17.5. The Bertz CT molecular complexity index is 1810. The summed E-state index contributed by atoms with van der Waals surface area (Å²) in [4.78, 5) is 72.7. The SMILES string of the molecule is CCCCCCCCCCCCCCCCCCCCC(=O)O[C@H](COC(=O)CCCCCCCCCCCCCCCC(C)C)COP(=O)(O)OC[C@@H](O)COP(=O)(O)OC[C@@H](COC(=O)CCCCCCCCCC)OC(=O)CCCCCCCCCCCCCC. The Labute approximate surface area is 575 Å². The zero-order valence-corrected chi connectivity index (χ0v) is 62.9. The zero-order valence-electron chi connectivity index (χ0n) is 61.1. The molecule has 0 rings (SSSR count). The average molecular weight is 1380 g/mol. The summed E-state index contributed by atoms with van der Waals surface area (Å²) in [5.74, 6) is -1.32. The maximum atomic E-state index is 13.1. The minimum Gasteiger partial charge on any atom is -0.462 e. The van der Waals surface area contributed by atoms with Gasteiger partial charge in [0.25, 0.3) is 0 Å². The second-order valence-corrected chi connectivity index (χ2v) is 30.4. The molecule has 0 spiro atoms. The molecule has 0 aliphatic carbocycles. The van der Waals surface area contributed by atoms with Gasteiger partial charge in [0.15, 0.2) is 12.2 Å². The number of unbranched alkanes of at least 4 members (excludes halogenated alkanes) is 47. The van der Waals surface area contributed by atoms with Crippen LogP contribution in [-0.4, -0.2) is 96.7 Å². The molecule has 17 nitrogen and oxygen atoms in total. The van der Waals surface area contributed by atoms with Gasteiger partial charge >= 0.3 is 39.5 Å². The van der Waals surface area contributed by atoms with Crippen molar-refractivity contribution in [2.75, 3.05) is 39.6 Å². The molecule has 0 aromatic carbocycles. The van der Waals surface area contributed by atoms with Gasteiger partial charge in [-0.15, -0.1) is 0 Å². The van der Waals surface area contributed by atoms with Gasteiger partial charge in [-0.3, -0.25) is 37.3 Å². The summed E-state index contributed by atoms with van der Waals surface area (Å²) < 4.78 is 68.4. The molecule has 0 amide bonds. The first kappa shape index (κ1) is 92.1. The molecular weight excluding hydrogens is 1230 g/mol. The standard InChI is InChI=1S/C75H146O17P2/c1-6-9-12-15-18-21-23-25-26-27-28-29-32-37-41-46-51-56-61-75(80)92-71(65-86-73(78)59-54-49-44-39-36-33-30-31-34-38-42-47-52-57-68(4)5)67-90-94(83,84)88-63-69(76)62-87-93(81,82)89-66-70(64-85-72(77)58-53-48-43-20-17-14-11-8-3)91-74(79)60-55-50-45-40-35-24-22-19-16-13-10-7-2/h68-71,76H,6-67H2,1-5H3,(H,81,82)(H,83,84)/t69-,70+,71+/m0/s1. The number of esters is 4. The number of phosphoric ester groups is 2. The molecule has 0 saturated carbocycles. The Balaban J connectivity index is 5.21. The fraction of sp³-hybridized carbons (Fsp3) is 0.947. The molecule has 0 bridgehead atoms. The highest BCUT2D eigenvalue weighted by Gasteiger charge is 2.30. The van der Waals surface area contributed by atoms with Crippen LogP contribution in [0.15, 0.2) is 0 Å². The molecule has 0 radical (unpaired) electrons. The van der Waals surface area contributed by atoms with Crippen molar-refractivity contribution in [1.29, 1.82) is 0 Å². The van der Waals surface area contributed by atoms with Gasteiger partial charge in [-0.05, 0) is 31.6 Å². The first-order chi connectivity index (χ1) is 45.5. The molecule has 19 heteroatoms. The lowest BCUT2D eigenvalue weighted by molar-refractivity contribution is -0.161. The lowest BCUT2D eigenvalue weighted by Gasteiger charge is -2.21. The third-order valence-corrected chi connectivity index (χ3v) is 19.4. The quantitative estimate of drug-likeness (QED) is 0.0222. The Kier molecular flexibility index (Phi) is 66.8. The molecule has 0 heterocycles. The van der Waals surface area contributed by atoms with Crippen molar-refractivity contribution in [2.24, 2.45) is 5.92 Å². The summed E-state index contributed by atoms with van der Waals surface area (Å²) in [5, 5.41) is 10.6. The highest BCUT2D eigenvalue weighted by atomic mass is 31.2. The molecule has 2 unspecified atom stereocenters. The lowest BCUT2D eigenvalue weighted by atomic mass is 10.0. The highest BCUT2D eigenvalue weighted by Crippen LogP contribution is 2.45. The van der Waals surface area contributed by atoms with Gasteiger partial charge in [-0.2, -0.15) is 0 Å². The van der Waals surface area contributed by atoms with Crippen molar-refractivity contribution in [1.82, 2.24) is 0 Å². The van der Waals surface area contributed by atoms with Gasteiger partial charge in [0, 0.05) is 25.7 Å². The highest BCUT2D eigenvalue weighted by molar-refractivity contribution is 7.47. The van der Waals surface area contributed by atoms with Crippen molar-refractivity contribution in [2.45, 2.75) is 412 Å². The molecule has 0 aromatic rings. The van der Waals surface area contributed by atoms with Crippen molar-refractivity contribution >= 4 is 39.5 Å². The minimum absolute atomic E-state index is 0.107. The predicted molar refractivity (Wildman–Crippen MR) is 382 cm³/mol. The number of ether oxygens (including phenoxy) is 4. The van der Waals surface area contributed by atoms with E-state index in [9.17, 15) is 43.2 Å². The largest absolute Gasteiger partial charge is 0.472 e. The number of aliphatic hydroxyl groups is 1. The van der Waals surface area contributed by atoms with E-state index in [1.807, 2.05) is 0 Å². The van der Waals surface area contributed by atoms with E-state index in [1.165, 1.54) is 212 Å². The van der Waals surface area contributed by atoms with Crippen LogP contribution in [0.3, 0.4) is 0 Å². The second kappa shape index (κ2) is 68.2. The number of hydrogen-bond donors (Lipinski definition) is 3. The van der Waals surface area contributed by atoms with Crippen LogP contribution in [0.4, 0.5) is 0 Å². The molecular formula is C75H146O17P2. The van der Waals surface area contributed by atoms with Gasteiger partial charge in [-0.1, -0.05) is 343 Å². The summed E-state index contributed by atoms with van der Waals surface area (Å²) in [5.41, 5.74) is 0. The van der Waals surface area contributed by atoms with Crippen molar-refractivity contribution in [3.63, 3.8) is 0 Å². The second-order valence-electron chi connectivity index (χ2n) is 27.5. The third kappa shape index (κ3) is 68.6. The number of aliphatic hydroxyl groups excluding tert-OH is 1. The number of carbonyl (C=O) groups excluding carboxylic acids is 4. The van der Waals surface area contributed by atoms with E-state index in [0.717, 1.165) is 102 Å². The summed E-state index contributed by atoms with van der Waals surface area (Å²) in [7, 11) is -9.90. The van der Waals surface area contributed by atoms with Crippen LogP contribution in [0.2, 0.25) is 0 Å². The fourth-order valence-corrected chi connectivity index (χ4v) is 13.1. The van der Waals surface area contributed by atoms with Gasteiger partial charge in [0.05, 0.1) is 26.4 Å². The number of carbonyl (C=O) groups is 4. The van der Waals surface area contributed by atoms with Crippen LogP contribution in [0.1, 0.15) is 394 Å². The van der Waals surface area contributed by atoms with Crippen molar-refractivity contribution in [3.8, 4) is 0 Å². The Morgan fingerprint density at radius 1 is 0.287 bits per heavy atom. The monoisotopic (exact) mass is 1380 g/mol. The predicted octanol–water partition coefficient (Wildman–Crippen LogP) is 22.1. The average Bonchev–Trinajstić information content (AvgIpc) is 2.66. The molecule has 0 aliphatic rings. The molecule has 0 aliphatic heterocycles. The van der Waals surface area contributed by atoms with Gasteiger partial charge in [0.2, 0.25) is 0 Å². The normalized spacial score (nSPS) is 14.0. The number of rotatable bonds is 75. The molecule has 0 aromatic heterocycles. The van der Waals surface area contributed by atoms with Gasteiger partial charge in [0.1, 0.15) is 19.3 Å². The van der Waals surface area contributed by atoms with E-state index in [4.69, 9.17) is 37.0 Å². The lowest BCUT2D eigenvalue weighted by Crippen LogP contribution is -2.30. The zero-order chi connectivity index (χ0) is 69.1. The molecule has 5 atom stereocenters. The molecule has 0 saturated heterocycles. The van der Waals surface area contributed by atoms with E-state index >= 15 is 0 Å². The van der Waals surface area contributed by atoms with Crippen LogP contribution in [0.25, 0.3) is 0 Å². The first-order valence-electron chi connectivity index (χ1n) is 39.1. The van der Waals surface area contributed by atoms with Gasteiger partial charge < -0.3 is 33.8 Å². The van der Waals surface area contributed by atoms with E-state index in [0.29, 0.717) is 25.7 Å². The Morgan fingerprint density at radius 3 is 0.723 bits per heavy atom. The summed E-state index contributed by atoms with van der Waals surface area (Å²) in [6, 6.07) is 0. The van der Waals surface area contributed by atoms with E-state index in [2.05, 4.69) is 34.6 Å². The molecule has 94 heavy (non-hydrogen) atoms. The summed E-state index contributed by atoms with van der Waals surface area (Å²) in [6.45, 7) is 7.28. The van der Waals surface area contributed by atoms with Crippen LogP contribution >= 0.6 is 15.6 Å². The fourth-order valence-electron chi connectivity index (χ4n) is 11.5. The van der Waals surface area contributed by atoms with Crippen LogP contribution in [-0.2, 0) is 65.4 Å². The minimum atomic E-state index is -4.96. The molecule has 3 N–H and O–H groups in total. The summed E-state index contributed by atoms with van der Waals surface area (Å²) in [6.07, 6.45) is 56.9. The number of phosphoric acid groups is 2. The maximum absolute atomic E-state index is 13.1. The number of hydrogen-bond acceptors (Lipinski definition) is 15. The van der Waals surface area contributed by atoms with E-state index in [1.54, 1.807) is 0 Å². The van der Waals surface area contributed by atoms with Gasteiger partial charge in [-0.25, -0.2) is 9.13 Å². The van der Waals surface area contributed by atoms with Crippen LogP contribution < -0.4 is 0 Å². The van der Waals surface area contributed by atoms with E-state index in [-0.39, 0.29) is 25.7 Å².